The summed E-state index contributed by atoms with van der Waals surface area (Å²) in [5.41, 5.74) is 2.91. The van der Waals surface area contributed by atoms with Crippen LogP contribution in [0.25, 0.3) is 0 Å². The first-order valence-corrected chi connectivity index (χ1v) is 7.22. The smallest absolute Gasteiger partial charge is 0.274 e. The van der Waals surface area contributed by atoms with Crippen LogP contribution in [0.3, 0.4) is 0 Å². The molecule has 23 heavy (non-hydrogen) atoms. The van der Waals surface area contributed by atoms with E-state index in [9.17, 15) is 9.59 Å². The number of rotatable bonds is 5. The SMILES string of the molecule is CC(Oc1ccccc1C(=O)Nc1ccc(Cl)cc1)C(=O)NN. The zero-order chi connectivity index (χ0) is 16.8. The van der Waals surface area contributed by atoms with Gasteiger partial charge in [-0.2, -0.15) is 0 Å². The minimum absolute atomic E-state index is 0.287. The lowest BCUT2D eigenvalue weighted by molar-refractivity contribution is -0.127. The second kappa shape index (κ2) is 7.62. The number of nitrogens with one attached hydrogen (secondary N) is 2. The van der Waals surface area contributed by atoms with Crippen LogP contribution in [0, 0.1) is 0 Å². The van der Waals surface area contributed by atoms with E-state index in [1.54, 1.807) is 48.5 Å². The van der Waals surface area contributed by atoms with Crippen LogP contribution >= 0.6 is 11.6 Å². The van der Waals surface area contributed by atoms with E-state index in [1.165, 1.54) is 6.92 Å². The second-order valence-corrected chi connectivity index (χ2v) is 5.16. The van der Waals surface area contributed by atoms with E-state index in [4.69, 9.17) is 22.2 Å². The normalized spacial score (nSPS) is 11.4. The highest BCUT2D eigenvalue weighted by Crippen LogP contribution is 2.21. The molecule has 0 bridgehead atoms. The zero-order valence-corrected chi connectivity index (χ0v) is 13.1. The topological polar surface area (TPSA) is 93.4 Å². The molecule has 0 heterocycles. The third-order valence-corrected chi connectivity index (χ3v) is 3.30. The maximum atomic E-state index is 12.4. The van der Waals surface area contributed by atoms with Crippen molar-refractivity contribution in [1.29, 1.82) is 0 Å². The summed E-state index contributed by atoms with van der Waals surface area (Å²) in [7, 11) is 0. The number of nitrogens with two attached hydrogens (primary N) is 1. The lowest BCUT2D eigenvalue weighted by atomic mass is 10.1. The number of halogens is 1. The Morgan fingerprint density at radius 2 is 1.78 bits per heavy atom. The van der Waals surface area contributed by atoms with Gasteiger partial charge in [-0.1, -0.05) is 23.7 Å². The number of carbonyl (C=O) groups excluding carboxylic acids is 2. The third-order valence-electron chi connectivity index (χ3n) is 3.05. The lowest BCUT2D eigenvalue weighted by Crippen LogP contribution is -2.40. The summed E-state index contributed by atoms with van der Waals surface area (Å²) < 4.78 is 5.50. The van der Waals surface area contributed by atoms with Crippen molar-refractivity contribution in [3.05, 3.63) is 59.1 Å². The lowest BCUT2D eigenvalue weighted by Gasteiger charge is -2.16. The van der Waals surface area contributed by atoms with Gasteiger partial charge in [0.15, 0.2) is 6.10 Å². The van der Waals surface area contributed by atoms with Crippen LogP contribution in [-0.2, 0) is 4.79 Å². The minimum Gasteiger partial charge on any atom is -0.480 e. The largest absolute Gasteiger partial charge is 0.480 e. The molecule has 2 rings (SSSR count). The molecule has 0 aliphatic carbocycles. The first-order chi connectivity index (χ1) is 11.0. The summed E-state index contributed by atoms with van der Waals surface area (Å²) >= 11 is 5.81. The number of hydrogen-bond acceptors (Lipinski definition) is 4. The molecule has 0 spiro atoms. The molecule has 0 saturated carbocycles. The number of carbonyl (C=O) groups is 2. The Bertz CT molecular complexity index is 704. The van der Waals surface area contributed by atoms with Crippen molar-refractivity contribution in [2.45, 2.75) is 13.0 Å². The highest BCUT2D eigenvalue weighted by Gasteiger charge is 2.18. The molecule has 4 N–H and O–H groups in total. The number of hydrazine groups is 1. The maximum Gasteiger partial charge on any atom is 0.274 e. The fraction of sp³-hybridized carbons (Fsp3) is 0.125. The molecule has 0 radical (unpaired) electrons. The molecule has 1 atom stereocenters. The van der Waals surface area contributed by atoms with E-state index in [-0.39, 0.29) is 11.7 Å². The Morgan fingerprint density at radius 1 is 1.13 bits per heavy atom. The Morgan fingerprint density at radius 3 is 2.43 bits per heavy atom. The highest BCUT2D eigenvalue weighted by atomic mass is 35.5. The number of hydrogen-bond donors (Lipinski definition) is 3. The van der Waals surface area contributed by atoms with Crippen molar-refractivity contribution in [2.24, 2.45) is 5.84 Å². The first-order valence-electron chi connectivity index (χ1n) is 6.84. The van der Waals surface area contributed by atoms with Crippen molar-refractivity contribution in [3.63, 3.8) is 0 Å². The molecule has 2 aromatic carbocycles. The molecular formula is C16H16ClN3O3. The number of benzene rings is 2. The summed E-state index contributed by atoms with van der Waals surface area (Å²) in [5.74, 6) is 4.51. The Balaban J connectivity index is 2.17. The van der Waals surface area contributed by atoms with Crippen LogP contribution in [0.4, 0.5) is 5.69 Å². The minimum atomic E-state index is -0.829. The summed E-state index contributed by atoms with van der Waals surface area (Å²) in [4.78, 5) is 23.8. The number of para-hydroxylation sites is 1. The van der Waals surface area contributed by atoms with Gasteiger partial charge in [-0.3, -0.25) is 15.0 Å². The fourth-order valence-electron chi connectivity index (χ4n) is 1.85. The molecule has 0 aromatic heterocycles. The number of anilines is 1. The van der Waals surface area contributed by atoms with E-state index in [1.807, 2.05) is 5.43 Å². The molecular weight excluding hydrogens is 318 g/mol. The molecule has 6 nitrogen and oxygen atoms in total. The molecule has 0 saturated heterocycles. The van der Waals surface area contributed by atoms with Gasteiger partial charge < -0.3 is 10.1 Å². The highest BCUT2D eigenvalue weighted by molar-refractivity contribution is 6.30. The van der Waals surface area contributed by atoms with Crippen molar-refractivity contribution in [3.8, 4) is 5.75 Å². The van der Waals surface area contributed by atoms with Gasteiger partial charge in [-0.25, -0.2) is 5.84 Å². The van der Waals surface area contributed by atoms with Gasteiger partial charge in [0.2, 0.25) is 0 Å². The third kappa shape index (κ3) is 4.45. The van der Waals surface area contributed by atoms with E-state index >= 15 is 0 Å². The van der Waals surface area contributed by atoms with Gasteiger partial charge >= 0.3 is 0 Å². The van der Waals surface area contributed by atoms with Crippen molar-refractivity contribution in [2.75, 3.05) is 5.32 Å². The molecule has 7 heteroatoms. The van der Waals surface area contributed by atoms with Crippen LogP contribution < -0.4 is 21.3 Å². The first kappa shape index (κ1) is 16.8. The van der Waals surface area contributed by atoms with Crippen LogP contribution in [0.2, 0.25) is 5.02 Å². The van der Waals surface area contributed by atoms with Crippen LogP contribution in [-0.4, -0.2) is 17.9 Å². The summed E-state index contributed by atoms with van der Waals surface area (Å²) in [6.07, 6.45) is -0.829. The summed E-state index contributed by atoms with van der Waals surface area (Å²) in [6, 6.07) is 13.4. The van der Waals surface area contributed by atoms with Crippen LogP contribution in [0.1, 0.15) is 17.3 Å². The predicted octanol–water partition coefficient (Wildman–Crippen LogP) is 2.35. The maximum absolute atomic E-state index is 12.4. The number of ether oxygens (including phenoxy) is 1. The summed E-state index contributed by atoms with van der Waals surface area (Å²) in [6.45, 7) is 1.54. The Kier molecular flexibility index (Phi) is 5.56. The predicted molar refractivity (Wildman–Crippen MR) is 88.3 cm³/mol. The Hall–Kier alpha value is -2.57. The van der Waals surface area contributed by atoms with E-state index in [0.29, 0.717) is 16.3 Å². The van der Waals surface area contributed by atoms with Crippen molar-refractivity contribution in [1.82, 2.24) is 5.43 Å². The average Bonchev–Trinajstić information content (AvgIpc) is 2.56. The van der Waals surface area contributed by atoms with Crippen molar-refractivity contribution >= 4 is 29.1 Å². The van der Waals surface area contributed by atoms with E-state index in [2.05, 4.69) is 5.32 Å². The monoisotopic (exact) mass is 333 g/mol. The van der Waals surface area contributed by atoms with Gasteiger partial charge in [-0.15, -0.1) is 0 Å². The van der Waals surface area contributed by atoms with Crippen LogP contribution in [0.5, 0.6) is 5.75 Å². The standard InChI is InChI=1S/C16H16ClN3O3/c1-10(15(21)20-18)23-14-5-3-2-4-13(14)16(22)19-12-8-6-11(17)7-9-12/h2-10H,18H2,1H3,(H,19,22)(H,20,21). The molecule has 0 aliphatic rings. The van der Waals surface area contributed by atoms with Gasteiger partial charge in [0.25, 0.3) is 11.8 Å². The average molecular weight is 334 g/mol. The molecule has 2 aromatic rings. The Labute approximate surface area is 138 Å². The van der Waals surface area contributed by atoms with E-state index < -0.39 is 12.0 Å². The van der Waals surface area contributed by atoms with Gasteiger partial charge in [0.05, 0.1) is 5.56 Å². The molecule has 0 fully saturated rings. The summed E-state index contributed by atoms with van der Waals surface area (Å²) in [5, 5.41) is 3.32. The quantitative estimate of drug-likeness (QED) is 0.445. The molecule has 1 unspecified atom stereocenters. The molecule has 120 valence electrons. The zero-order valence-electron chi connectivity index (χ0n) is 12.4. The van der Waals surface area contributed by atoms with Gasteiger partial charge in [-0.05, 0) is 43.3 Å². The van der Waals surface area contributed by atoms with Gasteiger partial charge in [0.1, 0.15) is 5.75 Å². The molecule has 0 aliphatic heterocycles. The molecule has 2 amide bonds. The van der Waals surface area contributed by atoms with Crippen LogP contribution in [0.15, 0.2) is 48.5 Å². The van der Waals surface area contributed by atoms with E-state index in [0.717, 1.165) is 0 Å². The van der Waals surface area contributed by atoms with Crippen molar-refractivity contribution < 1.29 is 14.3 Å². The second-order valence-electron chi connectivity index (χ2n) is 4.73. The fourth-order valence-corrected chi connectivity index (χ4v) is 1.98. The number of amides is 2. The van der Waals surface area contributed by atoms with Gasteiger partial charge in [0, 0.05) is 10.7 Å².